The largest absolute Gasteiger partial charge is 0.242 e. The summed E-state index contributed by atoms with van der Waals surface area (Å²) in [5.74, 6) is 0. The summed E-state index contributed by atoms with van der Waals surface area (Å²) in [6, 6.07) is 6.55. The van der Waals surface area contributed by atoms with Crippen molar-refractivity contribution in [1.82, 2.24) is 4.31 Å². The van der Waals surface area contributed by atoms with E-state index in [4.69, 9.17) is 5.26 Å². The van der Waals surface area contributed by atoms with Crippen LogP contribution in [-0.4, -0.2) is 26.8 Å². The highest BCUT2D eigenvalue weighted by atomic mass is 32.2. The summed E-state index contributed by atoms with van der Waals surface area (Å²) in [5.41, 5.74) is 0.990. The molecule has 80 valence electrons. The number of aryl methyl sites for hydroxylation is 1. The van der Waals surface area contributed by atoms with Gasteiger partial charge in [-0.05, 0) is 24.6 Å². The van der Waals surface area contributed by atoms with Gasteiger partial charge in [-0.3, -0.25) is 0 Å². The van der Waals surface area contributed by atoms with Gasteiger partial charge >= 0.3 is 0 Å². The molecule has 0 spiro atoms. The first-order valence-electron chi connectivity index (χ1n) is 4.33. The number of rotatable bonds is 2. The minimum Gasteiger partial charge on any atom is -0.207 e. The minimum atomic E-state index is -3.46. The number of hydrogen-bond acceptors (Lipinski definition) is 3. The number of sulfonamides is 1. The van der Waals surface area contributed by atoms with Gasteiger partial charge in [-0.25, -0.2) is 12.7 Å². The first kappa shape index (κ1) is 11.7. The smallest absolute Gasteiger partial charge is 0.207 e. The summed E-state index contributed by atoms with van der Waals surface area (Å²) < 4.78 is 24.8. The predicted molar refractivity (Wildman–Crippen MR) is 56.8 cm³/mol. The van der Waals surface area contributed by atoms with Gasteiger partial charge in [0.05, 0.1) is 16.5 Å². The van der Waals surface area contributed by atoms with Gasteiger partial charge in [0.2, 0.25) is 10.0 Å². The molecule has 1 aromatic carbocycles. The molecule has 0 saturated carbocycles. The maximum atomic E-state index is 11.8. The molecule has 15 heavy (non-hydrogen) atoms. The Hall–Kier alpha value is -1.38. The molecule has 4 nitrogen and oxygen atoms in total. The van der Waals surface area contributed by atoms with Gasteiger partial charge < -0.3 is 0 Å². The molecule has 0 aliphatic carbocycles. The second kappa shape index (κ2) is 4.01. The monoisotopic (exact) mass is 224 g/mol. The molecule has 0 bridgehead atoms. The van der Waals surface area contributed by atoms with Gasteiger partial charge in [0, 0.05) is 14.1 Å². The minimum absolute atomic E-state index is 0.187. The van der Waals surface area contributed by atoms with Crippen molar-refractivity contribution in [2.45, 2.75) is 11.8 Å². The standard InChI is InChI=1S/C10H12N2O2S/c1-8-4-5-9(7-11)6-10(8)15(13,14)12(2)3/h4-6H,1-3H3. The molecule has 0 saturated heterocycles. The number of benzene rings is 1. The molecule has 1 rings (SSSR count). The van der Waals surface area contributed by atoms with Crippen LogP contribution < -0.4 is 0 Å². The topological polar surface area (TPSA) is 61.2 Å². The van der Waals surface area contributed by atoms with E-state index in [1.807, 2.05) is 6.07 Å². The fourth-order valence-electron chi connectivity index (χ4n) is 1.14. The molecule has 0 aromatic heterocycles. The average Bonchev–Trinajstić information content (AvgIpc) is 2.18. The molecule has 5 heteroatoms. The molecule has 0 amide bonds. The fourth-order valence-corrected chi connectivity index (χ4v) is 2.29. The molecule has 0 atom stereocenters. The van der Waals surface area contributed by atoms with E-state index in [0.29, 0.717) is 11.1 Å². The first-order valence-corrected chi connectivity index (χ1v) is 5.77. The van der Waals surface area contributed by atoms with Crippen LogP contribution in [0.2, 0.25) is 0 Å². The van der Waals surface area contributed by atoms with Crippen molar-refractivity contribution in [1.29, 1.82) is 5.26 Å². The third-order valence-electron chi connectivity index (χ3n) is 2.08. The lowest BCUT2D eigenvalue weighted by Gasteiger charge is -2.13. The zero-order valence-electron chi connectivity index (χ0n) is 8.85. The van der Waals surface area contributed by atoms with Crippen LogP contribution >= 0.6 is 0 Å². The summed E-state index contributed by atoms with van der Waals surface area (Å²) in [5, 5.41) is 8.70. The molecule has 0 fully saturated rings. The third kappa shape index (κ3) is 2.17. The Morgan fingerprint density at radius 3 is 2.40 bits per heavy atom. The van der Waals surface area contributed by atoms with Gasteiger partial charge in [-0.15, -0.1) is 0 Å². The quantitative estimate of drug-likeness (QED) is 0.756. The Kier molecular flexibility index (Phi) is 3.12. The summed E-state index contributed by atoms with van der Waals surface area (Å²) in [6.07, 6.45) is 0. The Morgan fingerprint density at radius 2 is 1.93 bits per heavy atom. The Balaban J connectivity index is 3.45. The van der Waals surface area contributed by atoms with Crippen molar-refractivity contribution in [3.63, 3.8) is 0 Å². The Labute approximate surface area is 89.8 Å². The molecular weight excluding hydrogens is 212 g/mol. The normalized spacial score (nSPS) is 11.4. The van der Waals surface area contributed by atoms with E-state index in [1.165, 1.54) is 20.2 Å². The lowest BCUT2D eigenvalue weighted by Crippen LogP contribution is -2.23. The Morgan fingerprint density at radius 1 is 1.33 bits per heavy atom. The average molecular weight is 224 g/mol. The van der Waals surface area contributed by atoms with E-state index in [0.717, 1.165) is 4.31 Å². The highest BCUT2D eigenvalue weighted by Gasteiger charge is 2.19. The SMILES string of the molecule is Cc1ccc(C#N)cc1S(=O)(=O)N(C)C. The molecule has 0 aliphatic heterocycles. The summed E-state index contributed by atoms with van der Waals surface area (Å²) in [6.45, 7) is 1.71. The lowest BCUT2D eigenvalue weighted by atomic mass is 10.2. The molecular formula is C10H12N2O2S. The van der Waals surface area contributed by atoms with E-state index in [9.17, 15) is 8.42 Å². The van der Waals surface area contributed by atoms with E-state index >= 15 is 0 Å². The van der Waals surface area contributed by atoms with Crippen molar-refractivity contribution in [3.8, 4) is 6.07 Å². The fraction of sp³-hybridized carbons (Fsp3) is 0.300. The second-order valence-corrected chi connectivity index (χ2v) is 5.50. The molecule has 0 heterocycles. The van der Waals surface area contributed by atoms with E-state index < -0.39 is 10.0 Å². The van der Waals surface area contributed by atoms with Crippen LogP contribution in [0.25, 0.3) is 0 Å². The summed E-state index contributed by atoms with van der Waals surface area (Å²) >= 11 is 0. The third-order valence-corrected chi connectivity index (χ3v) is 4.03. The van der Waals surface area contributed by atoms with Crippen LogP contribution in [0, 0.1) is 18.3 Å². The van der Waals surface area contributed by atoms with Gasteiger partial charge in [-0.2, -0.15) is 5.26 Å². The Bertz CT molecular complexity index is 513. The predicted octanol–water partition coefficient (Wildman–Crippen LogP) is 1.12. The van der Waals surface area contributed by atoms with Crippen molar-refractivity contribution >= 4 is 10.0 Å². The van der Waals surface area contributed by atoms with Crippen molar-refractivity contribution in [2.75, 3.05) is 14.1 Å². The zero-order chi connectivity index (χ0) is 11.6. The van der Waals surface area contributed by atoms with Crippen molar-refractivity contribution in [3.05, 3.63) is 29.3 Å². The van der Waals surface area contributed by atoms with Crippen LogP contribution in [0.3, 0.4) is 0 Å². The van der Waals surface area contributed by atoms with Gasteiger partial charge in [0.15, 0.2) is 0 Å². The second-order valence-electron chi connectivity index (χ2n) is 3.38. The first-order chi connectivity index (χ1) is 6.89. The van der Waals surface area contributed by atoms with Crippen LogP contribution in [0.5, 0.6) is 0 Å². The van der Waals surface area contributed by atoms with Gasteiger partial charge in [0.1, 0.15) is 0 Å². The lowest BCUT2D eigenvalue weighted by molar-refractivity contribution is 0.520. The maximum Gasteiger partial charge on any atom is 0.242 e. The van der Waals surface area contributed by atoms with Crippen LogP contribution in [0.15, 0.2) is 23.1 Å². The zero-order valence-corrected chi connectivity index (χ0v) is 9.67. The van der Waals surface area contributed by atoms with Crippen molar-refractivity contribution in [2.24, 2.45) is 0 Å². The van der Waals surface area contributed by atoms with E-state index in [1.54, 1.807) is 19.1 Å². The number of nitrogens with zero attached hydrogens (tertiary/aromatic N) is 2. The summed E-state index contributed by atoms with van der Waals surface area (Å²) in [4.78, 5) is 0.187. The molecule has 0 aliphatic rings. The molecule has 1 aromatic rings. The van der Waals surface area contributed by atoms with Crippen LogP contribution in [-0.2, 0) is 10.0 Å². The molecule has 0 N–H and O–H groups in total. The number of nitriles is 1. The molecule has 0 unspecified atom stereocenters. The van der Waals surface area contributed by atoms with E-state index in [2.05, 4.69) is 0 Å². The van der Waals surface area contributed by atoms with Crippen LogP contribution in [0.4, 0.5) is 0 Å². The van der Waals surface area contributed by atoms with Crippen molar-refractivity contribution < 1.29 is 8.42 Å². The van der Waals surface area contributed by atoms with Gasteiger partial charge in [0.25, 0.3) is 0 Å². The highest BCUT2D eigenvalue weighted by Crippen LogP contribution is 2.19. The maximum absolute atomic E-state index is 11.8. The van der Waals surface area contributed by atoms with Gasteiger partial charge in [-0.1, -0.05) is 6.07 Å². The molecule has 0 radical (unpaired) electrons. The highest BCUT2D eigenvalue weighted by molar-refractivity contribution is 7.89. The number of hydrogen-bond donors (Lipinski definition) is 0. The van der Waals surface area contributed by atoms with E-state index in [-0.39, 0.29) is 4.90 Å². The van der Waals surface area contributed by atoms with Crippen LogP contribution in [0.1, 0.15) is 11.1 Å². The summed E-state index contributed by atoms with van der Waals surface area (Å²) in [7, 11) is -0.526.